The maximum absolute atomic E-state index is 13.0. The Labute approximate surface area is 152 Å². The van der Waals surface area contributed by atoms with Gasteiger partial charge in [-0.3, -0.25) is 4.99 Å². The first-order chi connectivity index (χ1) is 10.9. The van der Waals surface area contributed by atoms with Gasteiger partial charge in [0.2, 0.25) is 0 Å². The van der Waals surface area contributed by atoms with Crippen LogP contribution >= 0.6 is 28.3 Å². The van der Waals surface area contributed by atoms with Gasteiger partial charge in [-0.1, -0.05) is 15.9 Å². The molecule has 7 heteroatoms. The quantitative estimate of drug-likeness (QED) is 0.647. The van der Waals surface area contributed by atoms with Gasteiger partial charge in [0.1, 0.15) is 5.75 Å². The summed E-state index contributed by atoms with van der Waals surface area (Å²) in [7, 11) is 1.59. The predicted octanol–water partition coefficient (Wildman–Crippen LogP) is 5.29. The molecule has 0 N–H and O–H groups in total. The Morgan fingerprint density at radius 3 is 2.50 bits per heavy atom. The fraction of sp³-hybridized carbons (Fsp3) is 0.235. The SMILES string of the molecule is COc1ccc2c(c1)CCN=C2c1cc(C(F)(F)F)ccc1Br.Cl. The summed E-state index contributed by atoms with van der Waals surface area (Å²) in [6, 6.07) is 9.16. The smallest absolute Gasteiger partial charge is 0.416 e. The van der Waals surface area contributed by atoms with Crippen LogP contribution in [0.15, 0.2) is 45.9 Å². The lowest BCUT2D eigenvalue weighted by molar-refractivity contribution is -0.137. The number of rotatable bonds is 2. The van der Waals surface area contributed by atoms with Crippen LogP contribution in [0.4, 0.5) is 13.2 Å². The second kappa shape index (κ2) is 7.15. The minimum Gasteiger partial charge on any atom is -0.497 e. The van der Waals surface area contributed by atoms with Gasteiger partial charge in [-0.25, -0.2) is 0 Å². The van der Waals surface area contributed by atoms with Gasteiger partial charge in [0.15, 0.2) is 0 Å². The molecule has 0 aliphatic carbocycles. The number of hydrogen-bond acceptors (Lipinski definition) is 2. The van der Waals surface area contributed by atoms with E-state index in [2.05, 4.69) is 20.9 Å². The standard InChI is InChI=1S/C17H13BrF3NO.ClH/c1-23-12-3-4-13-10(8-12)6-7-22-16(13)14-9-11(17(19,20)21)2-5-15(14)18;/h2-5,8-9H,6-7H2,1H3;1H. The molecule has 0 saturated heterocycles. The maximum atomic E-state index is 13.0. The predicted molar refractivity (Wildman–Crippen MR) is 93.6 cm³/mol. The van der Waals surface area contributed by atoms with Crippen molar-refractivity contribution >= 4 is 34.0 Å². The fourth-order valence-corrected chi connectivity index (χ4v) is 3.06. The van der Waals surface area contributed by atoms with Crippen LogP contribution in [0.1, 0.15) is 22.3 Å². The third-order valence-electron chi connectivity index (χ3n) is 3.77. The number of nitrogens with zero attached hydrogens (tertiary/aromatic N) is 1. The Hall–Kier alpha value is -1.53. The van der Waals surface area contributed by atoms with E-state index in [0.717, 1.165) is 35.4 Å². The van der Waals surface area contributed by atoms with E-state index >= 15 is 0 Å². The maximum Gasteiger partial charge on any atom is 0.416 e. The molecule has 0 fully saturated rings. The van der Waals surface area contributed by atoms with Crippen molar-refractivity contribution in [2.45, 2.75) is 12.6 Å². The summed E-state index contributed by atoms with van der Waals surface area (Å²) in [6.07, 6.45) is -3.64. The number of methoxy groups -OCH3 is 1. The molecule has 3 rings (SSSR count). The van der Waals surface area contributed by atoms with E-state index in [0.29, 0.717) is 22.3 Å². The van der Waals surface area contributed by atoms with E-state index in [-0.39, 0.29) is 12.4 Å². The van der Waals surface area contributed by atoms with Crippen LogP contribution in [0.25, 0.3) is 0 Å². The summed E-state index contributed by atoms with van der Waals surface area (Å²) in [5.74, 6) is 0.730. The molecule has 0 amide bonds. The fourth-order valence-electron chi connectivity index (χ4n) is 2.62. The van der Waals surface area contributed by atoms with E-state index < -0.39 is 11.7 Å². The summed E-state index contributed by atoms with van der Waals surface area (Å²) in [4.78, 5) is 4.46. The van der Waals surface area contributed by atoms with Crippen LogP contribution in [-0.2, 0) is 12.6 Å². The highest BCUT2D eigenvalue weighted by Gasteiger charge is 2.31. The van der Waals surface area contributed by atoms with Gasteiger partial charge in [0.25, 0.3) is 0 Å². The third-order valence-corrected chi connectivity index (χ3v) is 4.46. The molecule has 0 spiro atoms. The van der Waals surface area contributed by atoms with Gasteiger partial charge >= 0.3 is 6.18 Å². The molecule has 0 radical (unpaired) electrons. The first-order valence-corrected chi connectivity index (χ1v) is 7.78. The number of ether oxygens (including phenoxy) is 1. The van der Waals surface area contributed by atoms with Crippen LogP contribution in [0, 0.1) is 0 Å². The van der Waals surface area contributed by atoms with Crippen molar-refractivity contribution in [2.24, 2.45) is 4.99 Å². The zero-order valence-electron chi connectivity index (χ0n) is 12.7. The van der Waals surface area contributed by atoms with E-state index in [1.807, 2.05) is 12.1 Å². The van der Waals surface area contributed by atoms with E-state index in [1.165, 1.54) is 6.07 Å². The Morgan fingerprint density at radius 2 is 1.83 bits per heavy atom. The third kappa shape index (κ3) is 3.59. The first kappa shape index (κ1) is 18.8. The van der Waals surface area contributed by atoms with Crippen LogP contribution in [0.3, 0.4) is 0 Å². The van der Waals surface area contributed by atoms with Gasteiger partial charge in [0.05, 0.1) is 18.4 Å². The normalized spacial score (nSPS) is 13.6. The van der Waals surface area contributed by atoms with E-state index in [9.17, 15) is 13.2 Å². The van der Waals surface area contributed by atoms with Crippen molar-refractivity contribution in [1.29, 1.82) is 0 Å². The van der Waals surface area contributed by atoms with Gasteiger partial charge in [-0.2, -0.15) is 13.2 Å². The van der Waals surface area contributed by atoms with Crippen molar-refractivity contribution in [3.05, 3.63) is 63.1 Å². The van der Waals surface area contributed by atoms with E-state index in [1.54, 1.807) is 13.2 Å². The Morgan fingerprint density at radius 1 is 1.08 bits per heavy atom. The molecule has 128 valence electrons. The molecule has 24 heavy (non-hydrogen) atoms. The van der Waals surface area contributed by atoms with Crippen molar-refractivity contribution in [2.75, 3.05) is 13.7 Å². The number of halogens is 5. The Bertz CT molecular complexity index is 790. The lowest BCUT2D eigenvalue weighted by Gasteiger charge is -2.20. The van der Waals surface area contributed by atoms with Gasteiger partial charge < -0.3 is 4.74 Å². The molecule has 1 heterocycles. The lowest BCUT2D eigenvalue weighted by atomic mass is 9.92. The van der Waals surface area contributed by atoms with Crippen molar-refractivity contribution in [1.82, 2.24) is 0 Å². The molecule has 0 unspecified atom stereocenters. The largest absolute Gasteiger partial charge is 0.497 e. The summed E-state index contributed by atoms with van der Waals surface area (Å²) in [5.41, 5.74) is 2.22. The number of benzene rings is 2. The minimum atomic E-state index is -4.38. The van der Waals surface area contributed by atoms with Crippen LogP contribution in [0.5, 0.6) is 5.75 Å². The number of fused-ring (bicyclic) bond motifs is 1. The highest BCUT2D eigenvalue weighted by atomic mass is 79.9. The van der Waals surface area contributed by atoms with Crippen molar-refractivity contribution in [3.63, 3.8) is 0 Å². The highest BCUT2D eigenvalue weighted by Crippen LogP contribution is 2.34. The second-order valence-corrected chi connectivity index (χ2v) is 6.05. The monoisotopic (exact) mass is 419 g/mol. The molecule has 2 aromatic carbocycles. The molecule has 0 saturated carbocycles. The number of hydrogen-bond donors (Lipinski definition) is 0. The highest BCUT2D eigenvalue weighted by molar-refractivity contribution is 9.10. The van der Waals surface area contributed by atoms with Crippen molar-refractivity contribution < 1.29 is 17.9 Å². The lowest BCUT2D eigenvalue weighted by Crippen LogP contribution is -2.16. The molecule has 2 nitrogen and oxygen atoms in total. The molecule has 0 bridgehead atoms. The summed E-state index contributed by atoms with van der Waals surface area (Å²) >= 11 is 3.34. The van der Waals surface area contributed by atoms with Gasteiger partial charge in [-0.05, 0) is 48.4 Å². The average Bonchev–Trinajstić information content (AvgIpc) is 2.53. The number of alkyl halides is 3. The van der Waals surface area contributed by atoms with Crippen LogP contribution < -0.4 is 4.74 Å². The topological polar surface area (TPSA) is 21.6 Å². The molecular formula is C17H14BrClF3NO. The van der Waals surface area contributed by atoms with Crippen LogP contribution in [-0.4, -0.2) is 19.4 Å². The minimum absolute atomic E-state index is 0. The average molecular weight is 421 g/mol. The van der Waals surface area contributed by atoms with Crippen molar-refractivity contribution in [3.8, 4) is 5.75 Å². The first-order valence-electron chi connectivity index (χ1n) is 6.99. The van der Waals surface area contributed by atoms with Gasteiger partial charge in [0, 0.05) is 22.1 Å². The Balaban J connectivity index is 0.00000208. The summed E-state index contributed by atoms with van der Waals surface area (Å²) in [5, 5.41) is 0. The van der Waals surface area contributed by atoms with Crippen LogP contribution in [0.2, 0.25) is 0 Å². The van der Waals surface area contributed by atoms with Gasteiger partial charge in [-0.15, -0.1) is 12.4 Å². The Kier molecular flexibility index (Phi) is 5.60. The second-order valence-electron chi connectivity index (χ2n) is 5.20. The molecule has 0 atom stereocenters. The molecule has 2 aromatic rings. The molecular weight excluding hydrogens is 407 g/mol. The zero-order chi connectivity index (χ0) is 16.6. The summed E-state index contributed by atoms with van der Waals surface area (Å²) < 4.78 is 44.8. The zero-order valence-corrected chi connectivity index (χ0v) is 15.1. The van der Waals surface area contributed by atoms with E-state index in [4.69, 9.17) is 4.74 Å². The molecule has 0 aromatic heterocycles. The summed E-state index contributed by atoms with van der Waals surface area (Å²) in [6.45, 7) is 0.540. The molecule has 1 aliphatic heterocycles. The molecule has 1 aliphatic rings. The number of aliphatic imine (C=N–C) groups is 1.